The average Bonchev–Trinajstić information content (AvgIpc) is 2.61. The van der Waals surface area contributed by atoms with Crippen molar-refractivity contribution in [1.82, 2.24) is 10.7 Å². The Bertz CT molecular complexity index is 703. The summed E-state index contributed by atoms with van der Waals surface area (Å²) in [6, 6.07) is 14.8. The highest BCUT2D eigenvalue weighted by molar-refractivity contribution is 5.84. The molecule has 0 bridgehead atoms. The summed E-state index contributed by atoms with van der Waals surface area (Å²) in [4.78, 5) is 23.0. The van der Waals surface area contributed by atoms with E-state index in [9.17, 15) is 14.0 Å². The van der Waals surface area contributed by atoms with E-state index < -0.39 is 12.0 Å². The van der Waals surface area contributed by atoms with Crippen molar-refractivity contribution >= 4 is 18.2 Å². The fraction of sp³-hybridized carbons (Fsp3) is 0.118. The second-order valence-electron chi connectivity index (χ2n) is 4.76. The number of benzene rings is 2. The van der Waals surface area contributed by atoms with Crippen LogP contribution in [0.15, 0.2) is 59.7 Å². The average molecular weight is 329 g/mol. The second kappa shape index (κ2) is 9.04. The van der Waals surface area contributed by atoms with E-state index in [4.69, 9.17) is 4.74 Å². The van der Waals surface area contributed by atoms with Gasteiger partial charge < -0.3 is 10.1 Å². The Kier molecular flexibility index (Phi) is 6.46. The minimum atomic E-state index is -0.698. The highest BCUT2D eigenvalue weighted by Crippen LogP contribution is 2.00. The van der Waals surface area contributed by atoms with Gasteiger partial charge in [0.15, 0.2) is 0 Å². The summed E-state index contributed by atoms with van der Waals surface area (Å²) in [5.41, 5.74) is 3.72. The number of ether oxygens (including phenoxy) is 1. The third kappa shape index (κ3) is 6.27. The van der Waals surface area contributed by atoms with Gasteiger partial charge in [0.25, 0.3) is 5.91 Å². The Balaban J connectivity index is 1.65. The van der Waals surface area contributed by atoms with Crippen LogP contribution in [0.25, 0.3) is 0 Å². The van der Waals surface area contributed by atoms with Gasteiger partial charge in [-0.15, -0.1) is 0 Å². The van der Waals surface area contributed by atoms with E-state index in [2.05, 4.69) is 15.8 Å². The molecule has 0 spiro atoms. The molecule has 0 unspecified atom stereocenters. The number of rotatable bonds is 6. The van der Waals surface area contributed by atoms with Crippen LogP contribution in [0.4, 0.5) is 9.18 Å². The summed E-state index contributed by atoms with van der Waals surface area (Å²) in [7, 11) is 0. The number of hydrogen-bond donors (Lipinski definition) is 2. The maximum absolute atomic E-state index is 12.7. The van der Waals surface area contributed by atoms with Gasteiger partial charge in [0.1, 0.15) is 19.0 Å². The maximum Gasteiger partial charge on any atom is 0.407 e. The van der Waals surface area contributed by atoms with E-state index in [-0.39, 0.29) is 19.0 Å². The van der Waals surface area contributed by atoms with Gasteiger partial charge in [-0.3, -0.25) is 4.79 Å². The molecular formula is C17H16FN3O3. The first kappa shape index (κ1) is 17.1. The molecule has 24 heavy (non-hydrogen) atoms. The van der Waals surface area contributed by atoms with Crippen LogP contribution in [0.5, 0.6) is 0 Å². The fourth-order valence-corrected chi connectivity index (χ4v) is 1.69. The van der Waals surface area contributed by atoms with Crippen molar-refractivity contribution in [2.45, 2.75) is 6.61 Å². The minimum absolute atomic E-state index is 0.122. The molecule has 2 amide bonds. The lowest BCUT2D eigenvalue weighted by molar-refractivity contribution is -0.120. The molecule has 6 nitrogen and oxygen atoms in total. The third-order valence-electron chi connectivity index (χ3n) is 2.88. The fourth-order valence-electron chi connectivity index (χ4n) is 1.69. The van der Waals surface area contributed by atoms with E-state index in [0.29, 0.717) is 5.56 Å². The molecule has 0 heterocycles. The molecule has 2 N–H and O–H groups in total. The van der Waals surface area contributed by atoms with E-state index in [1.807, 2.05) is 30.3 Å². The zero-order chi connectivity index (χ0) is 17.2. The Hall–Kier alpha value is -3.22. The highest BCUT2D eigenvalue weighted by atomic mass is 19.1. The summed E-state index contributed by atoms with van der Waals surface area (Å²) < 4.78 is 17.7. The van der Waals surface area contributed by atoms with Crippen LogP contribution in [-0.2, 0) is 16.1 Å². The predicted molar refractivity (Wildman–Crippen MR) is 86.8 cm³/mol. The zero-order valence-corrected chi connectivity index (χ0v) is 12.7. The first-order valence-electron chi connectivity index (χ1n) is 7.15. The Morgan fingerprint density at radius 3 is 2.50 bits per heavy atom. The molecule has 0 aliphatic rings. The van der Waals surface area contributed by atoms with E-state index in [1.54, 1.807) is 0 Å². The Labute approximate surface area is 138 Å². The van der Waals surface area contributed by atoms with Crippen LogP contribution in [0.3, 0.4) is 0 Å². The standard InChI is InChI=1S/C17H16FN3O3/c18-15-8-6-13(7-9-15)10-20-21-16(22)11-19-17(23)24-12-14-4-2-1-3-5-14/h1-10H,11-12H2,(H,19,23)(H,21,22)/b20-10+. The van der Waals surface area contributed by atoms with Crippen LogP contribution in [-0.4, -0.2) is 24.8 Å². The van der Waals surface area contributed by atoms with Gasteiger partial charge in [-0.1, -0.05) is 42.5 Å². The van der Waals surface area contributed by atoms with Crippen LogP contribution < -0.4 is 10.7 Å². The molecule has 0 aliphatic heterocycles. The normalized spacial score (nSPS) is 10.4. The number of nitrogens with zero attached hydrogens (tertiary/aromatic N) is 1. The number of hydrazone groups is 1. The zero-order valence-electron chi connectivity index (χ0n) is 12.7. The van der Waals surface area contributed by atoms with Crippen molar-refractivity contribution in [1.29, 1.82) is 0 Å². The van der Waals surface area contributed by atoms with Crippen LogP contribution in [0.1, 0.15) is 11.1 Å². The van der Waals surface area contributed by atoms with Gasteiger partial charge in [0.05, 0.1) is 6.21 Å². The van der Waals surface area contributed by atoms with Crippen LogP contribution in [0, 0.1) is 5.82 Å². The van der Waals surface area contributed by atoms with Crippen LogP contribution in [0.2, 0.25) is 0 Å². The van der Waals surface area contributed by atoms with Crippen molar-refractivity contribution in [3.8, 4) is 0 Å². The molecule has 0 atom stereocenters. The maximum atomic E-state index is 12.7. The van der Waals surface area contributed by atoms with Crippen molar-refractivity contribution in [3.05, 3.63) is 71.5 Å². The van der Waals surface area contributed by atoms with Crippen molar-refractivity contribution in [2.24, 2.45) is 5.10 Å². The molecule has 2 rings (SSSR count). The Morgan fingerprint density at radius 2 is 1.79 bits per heavy atom. The monoisotopic (exact) mass is 329 g/mol. The molecule has 2 aromatic carbocycles. The molecule has 0 saturated carbocycles. The lowest BCUT2D eigenvalue weighted by Gasteiger charge is -2.06. The number of carbonyl (C=O) groups is 2. The predicted octanol–water partition coefficient (Wildman–Crippen LogP) is 2.20. The molecule has 0 aliphatic carbocycles. The largest absolute Gasteiger partial charge is 0.445 e. The number of alkyl carbamates (subject to hydrolysis) is 1. The molecule has 2 aromatic rings. The first-order chi connectivity index (χ1) is 11.6. The highest BCUT2D eigenvalue weighted by Gasteiger charge is 2.05. The van der Waals surface area contributed by atoms with Crippen molar-refractivity contribution in [3.63, 3.8) is 0 Å². The summed E-state index contributed by atoms with van der Waals surface area (Å²) in [6.45, 7) is -0.147. The number of amides is 2. The van der Waals surface area contributed by atoms with Gasteiger partial charge in [-0.25, -0.2) is 14.6 Å². The van der Waals surface area contributed by atoms with E-state index >= 15 is 0 Å². The van der Waals surface area contributed by atoms with Gasteiger partial charge in [-0.2, -0.15) is 5.10 Å². The Morgan fingerprint density at radius 1 is 1.08 bits per heavy atom. The summed E-state index contributed by atoms with van der Waals surface area (Å²) >= 11 is 0. The number of carbonyl (C=O) groups excluding carboxylic acids is 2. The molecule has 0 aromatic heterocycles. The molecule has 0 radical (unpaired) electrons. The van der Waals surface area contributed by atoms with E-state index in [0.717, 1.165) is 5.56 Å². The summed E-state index contributed by atoms with van der Waals surface area (Å²) in [5.74, 6) is -0.862. The van der Waals surface area contributed by atoms with E-state index in [1.165, 1.54) is 30.5 Å². The first-order valence-corrected chi connectivity index (χ1v) is 7.15. The van der Waals surface area contributed by atoms with Crippen molar-refractivity contribution < 1.29 is 18.7 Å². The second-order valence-corrected chi connectivity index (χ2v) is 4.76. The molecule has 0 saturated heterocycles. The van der Waals surface area contributed by atoms with Gasteiger partial charge >= 0.3 is 6.09 Å². The molecular weight excluding hydrogens is 313 g/mol. The SMILES string of the molecule is O=C(CNC(=O)OCc1ccccc1)N/N=C/c1ccc(F)cc1. The topological polar surface area (TPSA) is 79.8 Å². The van der Waals surface area contributed by atoms with Crippen molar-refractivity contribution in [2.75, 3.05) is 6.54 Å². The lowest BCUT2D eigenvalue weighted by atomic mass is 10.2. The number of halogens is 1. The molecule has 0 fully saturated rings. The molecule has 7 heteroatoms. The molecule has 124 valence electrons. The lowest BCUT2D eigenvalue weighted by Crippen LogP contribution is -2.35. The quantitative estimate of drug-likeness (QED) is 0.630. The number of hydrogen-bond acceptors (Lipinski definition) is 4. The summed E-state index contributed by atoms with van der Waals surface area (Å²) in [5, 5.41) is 6.02. The van der Waals surface area contributed by atoms with Crippen LogP contribution >= 0.6 is 0 Å². The van der Waals surface area contributed by atoms with Gasteiger partial charge in [-0.05, 0) is 23.3 Å². The number of nitrogens with one attached hydrogen (secondary N) is 2. The minimum Gasteiger partial charge on any atom is -0.445 e. The summed E-state index contributed by atoms with van der Waals surface area (Å²) in [6.07, 6.45) is 0.668. The third-order valence-corrected chi connectivity index (χ3v) is 2.88. The van der Waals surface area contributed by atoms with Gasteiger partial charge in [0.2, 0.25) is 0 Å². The van der Waals surface area contributed by atoms with Gasteiger partial charge in [0, 0.05) is 0 Å². The smallest absolute Gasteiger partial charge is 0.407 e.